The van der Waals surface area contributed by atoms with Crippen molar-refractivity contribution in [3.63, 3.8) is 0 Å². The third kappa shape index (κ3) is 3.47. The zero-order valence-electron chi connectivity index (χ0n) is 20.6. The molecular formula is C27H17Cl2FN8O2. The highest BCUT2D eigenvalue weighted by atomic mass is 35.5. The summed E-state index contributed by atoms with van der Waals surface area (Å²) < 4.78 is 23.8. The predicted molar refractivity (Wildman–Crippen MR) is 144 cm³/mol. The van der Waals surface area contributed by atoms with Crippen LogP contribution in [-0.2, 0) is 0 Å². The number of benzene rings is 2. The average Bonchev–Trinajstić information content (AvgIpc) is 3.20. The summed E-state index contributed by atoms with van der Waals surface area (Å²) in [6, 6.07) is 11.6. The molecule has 8 rings (SSSR count). The molecular weight excluding hydrogens is 558 g/mol. The van der Waals surface area contributed by atoms with E-state index in [0.29, 0.717) is 44.8 Å². The van der Waals surface area contributed by atoms with E-state index < -0.39 is 12.0 Å². The van der Waals surface area contributed by atoms with Gasteiger partial charge < -0.3 is 9.51 Å². The number of nitrogens with zero attached hydrogens (tertiary/aromatic N) is 7. The van der Waals surface area contributed by atoms with Crippen LogP contribution in [0.25, 0.3) is 39.3 Å². The largest absolute Gasteiger partial charge is 0.356 e. The normalized spacial score (nSPS) is 19.2. The van der Waals surface area contributed by atoms with E-state index in [4.69, 9.17) is 32.7 Å². The van der Waals surface area contributed by atoms with Crippen molar-refractivity contribution in [2.75, 3.05) is 0 Å². The number of halogens is 3. The lowest BCUT2D eigenvalue weighted by Gasteiger charge is -2.17. The molecule has 0 radical (unpaired) electrons. The van der Waals surface area contributed by atoms with E-state index >= 15 is 4.39 Å². The van der Waals surface area contributed by atoms with Crippen molar-refractivity contribution in [2.45, 2.75) is 25.3 Å². The molecule has 10 nitrogen and oxygen atoms in total. The van der Waals surface area contributed by atoms with Crippen molar-refractivity contribution in [3.8, 4) is 28.3 Å². The number of fused-ring (bicyclic) bond motifs is 4. The molecule has 2 aliphatic rings. The highest BCUT2D eigenvalue weighted by Gasteiger charge is 2.56. The number of nitrogens with one attached hydrogen (secondary N) is 1. The molecule has 1 fully saturated rings. The van der Waals surface area contributed by atoms with Gasteiger partial charge in [0.25, 0.3) is 5.56 Å². The summed E-state index contributed by atoms with van der Waals surface area (Å²) in [7, 11) is 0. The number of hydrogen-bond acceptors (Lipinski definition) is 7. The third-order valence-electron chi connectivity index (χ3n) is 7.69. The van der Waals surface area contributed by atoms with Crippen LogP contribution < -0.4 is 5.56 Å². The molecule has 5 heterocycles. The Morgan fingerprint density at radius 2 is 2.00 bits per heavy atom. The molecule has 1 saturated carbocycles. The van der Waals surface area contributed by atoms with Crippen molar-refractivity contribution in [1.29, 1.82) is 0 Å². The molecule has 0 bridgehead atoms. The van der Waals surface area contributed by atoms with Crippen molar-refractivity contribution < 1.29 is 8.91 Å². The number of hydrogen-bond donors (Lipinski definition) is 1. The Morgan fingerprint density at radius 1 is 1.12 bits per heavy atom. The van der Waals surface area contributed by atoms with Crippen LogP contribution in [0, 0.1) is 18.8 Å². The van der Waals surface area contributed by atoms with Crippen LogP contribution >= 0.6 is 23.2 Å². The number of aromatic nitrogens is 8. The summed E-state index contributed by atoms with van der Waals surface area (Å²) in [5.41, 5.74) is 3.63. The fourth-order valence-corrected chi connectivity index (χ4v) is 6.06. The Kier molecular flexibility index (Phi) is 4.90. The first-order valence-electron chi connectivity index (χ1n) is 12.5. The Balaban J connectivity index is 1.21. The monoisotopic (exact) mass is 574 g/mol. The molecule has 198 valence electrons. The number of imidazole rings is 1. The molecule has 3 atom stereocenters. The molecule has 13 heteroatoms. The predicted octanol–water partition coefficient (Wildman–Crippen LogP) is 5.48. The number of aromatic amines is 1. The van der Waals surface area contributed by atoms with Gasteiger partial charge in [0, 0.05) is 33.5 Å². The summed E-state index contributed by atoms with van der Waals surface area (Å²) >= 11 is 12.3. The van der Waals surface area contributed by atoms with E-state index in [9.17, 15) is 4.79 Å². The van der Waals surface area contributed by atoms with E-state index in [1.54, 1.807) is 35.0 Å². The van der Waals surface area contributed by atoms with Crippen molar-refractivity contribution >= 4 is 34.2 Å². The van der Waals surface area contributed by atoms with Gasteiger partial charge in [0.1, 0.15) is 11.6 Å². The number of aryl methyl sites for hydroxylation is 1. The van der Waals surface area contributed by atoms with E-state index in [-0.39, 0.29) is 28.2 Å². The molecule has 1 N–H and O–H groups in total. The summed E-state index contributed by atoms with van der Waals surface area (Å²) in [5, 5.41) is 13.4. The third-order valence-corrected chi connectivity index (χ3v) is 8.10. The molecule has 0 saturated heterocycles. The Labute approximate surface area is 234 Å². The lowest BCUT2D eigenvalue weighted by molar-refractivity contribution is 0.450. The fraction of sp³-hybridized carbons (Fsp3) is 0.185. The highest BCUT2D eigenvalue weighted by molar-refractivity contribution is 6.31. The van der Waals surface area contributed by atoms with Crippen molar-refractivity contribution in [1.82, 2.24) is 39.7 Å². The first-order chi connectivity index (χ1) is 19.4. The van der Waals surface area contributed by atoms with Gasteiger partial charge in [-0.25, -0.2) is 14.6 Å². The lowest BCUT2D eigenvalue weighted by Crippen LogP contribution is -2.27. The zero-order valence-corrected chi connectivity index (χ0v) is 22.2. The molecule has 40 heavy (non-hydrogen) atoms. The van der Waals surface area contributed by atoms with Gasteiger partial charge in [-0.15, -0.1) is 5.10 Å². The summed E-state index contributed by atoms with van der Waals surface area (Å²) in [6.07, 6.45) is 2.35. The minimum atomic E-state index is -0.650. The summed E-state index contributed by atoms with van der Waals surface area (Å²) in [4.78, 5) is 25.8. The maximum atomic E-state index is 15.4. The Bertz CT molecular complexity index is 2060. The van der Waals surface area contributed by atoms with Gasteiger partial charge in [-0.05, 0) is 49.6 Å². The SMILES string of the molecule is Cc1noc2cc(-c3nc(F)c(C4C5CC5c5nc(-c6cc(Cl)ccc6-n6cc(Cl)nn6)cc(=O)n54)[nH]3)ccc12. The van der Waals surface area contributed by atoms with Gasteiger partial charge in [0.15, 0.2) is 10.7 Å². The van der Waals surface area contributed by atoms with E-state index in [0.717, 1.165) is 17.5 Å². The second kappa shape index (κ2) is 8.33. The van der Waals surface area contributed by atoms with Crippen molar-refractivity contribution in [2.24, 2.45) is 5.92 Å². The van der Waals surface area contributed by atoms with Crippen molar-refractivity contribution in [3.05, 3.63) is 92.4 Å². The fourth-order valence-electron chi connectivity index (χ4n) is 5.77. The first kappa shape index (κ1) is 23.5. The van der Waals surface area contributed by atoms with Gasteiger partial charge in [0.05, 0.1) is 35.0 Å². The van der Waals surface area contributed by atoms with Gasteiger partial charge in [-0.1, -0.05) is 39.6 Å². The second-order valence-electron chi connectivity index (χ2n) is 10.1. The van der Waals surface area contributed by atoms with Gasteiger partial charge in [0.2, 0.25) is 5.95 Å². The van der Waals surface area contributed by atoms with E-state index in [2.05, 4.69) is 25.4 Å². The zero-order chi connectivity index (χ0) is 27.3. The molecule has 0 spiro atoms. The van der Waals surface area contributed by atoms with Gasteiger partial charge in [-0.2, -0.15) is 4.39 Å². The summed E-state index contributed by atoms with van der Waals surface area (Å²) in [6.45, 7) is 1.86. The number of rotatable bonds is 4. The van der Waals surface area contributed by atoms with Crippen LogP contribution in [0.15, 0.2) is 58.0 Å². The lowest BCUT2D eigenvalue weighted by atomic mass is 10.1. The Hall–Kier alpha value is -4.35. The molecule has 6 aromatic rings. The minimum absolute atomic E-state index is 0.0285. The van der Waals surface area contributed by atoms with Crippen LogP contribution in [0.5, 0.6) is 0 Å². The van der Waals surface area contributed by atoms with Crippen LogP contribution in [0.2, 0.25) is 10.2 Å². The molecule has 0 amide bonds. The van der Waals surface area contributed by atoms with E-state index in [1.807, 2.05) is 19.1 Å². The van der Waals surface area contributed by atoms with Crippen LogP contribution in [0.3, 0.4) is 0 Å². The number of H-pyrrole nitrogens is 1. The quantitative estimate of drug-likeness (QED) is 0.296. The van der Waals surface area contributed by atoms with E-state index in [1.165, 1.54) is 10.7 Å². The van der Waals surface area contributed by atoms with Crippen LogP contribution in [0.4, 0.5) is 4.39 Å². The maximum absolute atomic E-state index is 15.4. The summed E-state index contributed by atoms with van der Waals surface area (Å²) in [5.74, 6) is 0.367. The smallest absolute Gasteiger partial charge is 0.254 e. The molecule has 1 aliphatic heterocycles. The van der Waals surface area contributed by atoms with Gasteiger partial charge in [-0.3, -0.25) is 9.36 Å². The molecule has 3 unspecified atom stereocenters. The van der Waals surface area contributed by atoms with Gasteiger partial charge >= 0.3 is 0 Å². The average molecular weight is 575 g/mol. The molecule has 2 aromatic carbocycles. The standard InChI is InChI=1S/C27H17Cl2FN8O2/c1-11-14-4-2-12(6-20(14)40-35-11)26-32-23(25(30)33-26)24-15-8-16(15)27-31-18(9-22(39)38(24)27)17-7-13(28)3-5-19(17)37-10-21(29)34-36-37/h2-7,9-10,15-16,24H,8H2,1H3,(H,32,33). The minimum Gasteiger partial charge on any atom is -0.356 e. The molecule has 4 aromatic heterocycles. The molecule has 1 aliphatic carbocycles. The van der Waals surface area contributed by atoms with Crippen LogP contribution in [0.1, 0.15) is 35.6 Å². The highest BCUT2D eigenvalue weighted by Crippen LogP contribution is 2.60. The Morgan fingerprint density at radius 3 is 2.83 bits per heavy atom. The first-order valence-corrected chi connectivity index (χ1v) is 13.2. The topological polar surface area (TPSA) is 120 Å². The second-order valence-corrected chi connectivity index (χ2v) is 10.9. The maximum Gasteiger partial charge on any atom is 0.254 e. The van der Waals surface area contributed by atoms with Crippen LogP contribution in [-0.4, -0.2) is 39.7 Å².